The summed E-state index contributed by atoms with van der Waals surface area (Å²) in [7, 11) is 0. The molecule has 0 bridgehead atoms. The van der Waals surface area contributed by atoms with Gasteiger partial charge in [-0.1, -0.05) is 35.9 Å². The lowest BCUT2D eigenvalue weighted by Gasteiger charge is -2.06. The highest BCUT2D eigenvalue weighted by Gasteiger charge is 2.09. The molecule has 2 aromatic rings. The monoisotopic (exact) mass is 344 g/mol. The molecule has 0 saturated carbocycles. The molecule has 24 heavy (non-hydrogen) atoms. The van der Waals surface area contributed by atoms with E-state index in [4.69, 9.17) is 16.3 Å². The maximum atomic E-state index is 11.9. The van der Waals surface area contributed by atoms with E-state index in [0.29, 0.717) is 11.6 Å². The molecule has 0 aromatic heterocycles. The average molecular weight is 345 g/mol. The predicted molar refractivity (Wildman–Crippen MR) is 93.7 cm³/mol. The minimum atomic E-state index is -0.483. The number of carbonyl (C=O) groups is 2. The van der Waals surface area contributed by atoms with E-state index in [9.17, 15) is 9.59 Å². The molecular weight excluding hydrogens is 328 g/mol. The maximum absolute atomic E-state index is 11.9. The highest BCUT2D eigenvalue weighted by atomic mass is 35.5. The van der Waals surface area contributed by atoms with Crippen LogP contribution in [0.2, 0.25) is 5.02 Å². The van der Waals surface area contributed by atoms with Gasteiger partial charge in [-0.25, -0.2) is 0 Å². The summed E-state index contributed by atoms with van der Waals surface area (Å²) in [5.41, 5.74) is 5.73. The molecule has 0 unspecified atom stereocenters. The largest absolute Gasteiger partial charge is 0.494 e. The highest BCUT2D eigenvalue weighted by Crippen LogP contribution is 2.14. The minimum Gasteiger partial charge on any atom is -0.494 e. The van der Waals surface area contributed by atoms with E-state index in [0.717, 1.165) is 11.3 Å². The van der Waals surface area contributed by atoms with Crippen LogP contribution >= 0.6 is 11.6 Å². The summed E-state index contributed by atoms with van der Waals surface area (Å²) >= 11 is 5.91. The van der Waals surface area contributed by atoms with Crippen LogP contribution < -0.4 is 15.6 Å². The Balaban J connectivity index is 1.86. The number of nitrogens with one attached hydrogen (secondary N) is 2. The molecule has 2 rings (SSSR count). The summed E-state index contributed by atoms with van der Waals surface area (Å²) in [5, 5.41) is 0.314. The third-order valence-corrected chi connectivity index (χ3v) is 3.37. The molecule has 5 nitrogen and oxygen atoms in total. The van der Waals surface area contributed by atoms with E-state index >= 15 is 0 Å². The van der Waals surface area contributed by atoms with Gasteiger partial charge in [0.15, 0.2) is 0 Å². The van der Waals surface area contributed by atoms with Crippen molar-refractivity contribution in [2.45, 2.75) is 6.92 Å². The van der Waals surface area contributed by atoms with Gasteiger partial charge >= 0.3 is 0 Å². The molecule has 0 spiro atoms. The Bertz CT molecular complexity index is 742. The number of amides is 2. The van der Waals surface area contributed by atoms with Gasteiger partial charge < -0.3 is 4.74 Å². The Morgan fingerprint density at radius 1 is 1.08 bits per heavy atom. The molecule has 0 radical (unpaired) electrons. The number of halogens is 1. The highest BCUT2D eigenvalue weighted by molar-refractivity contribution is 6.33. The van der Waals surface area contributed by atoms with Crippen LogP contribution in [0.5, 0.6) is 5.75 Å². The van der Waals surface area contributed by atoms with Crippen molar-refractivity contribution in [3.05, 3.63) is 70.8 Å². The van der Waals surface area contributed by atoms with Gasteiger partial charge in [-0.2, -0.15) is 0 Å². The Hall–Kier alpha value is -2.79. The Morgan fingerprint density at radius 3 is 2.46 bits per heavy atom. The Kier molecular flexibility index (Phi) is 6.40. The van der Waals surface area contributed by atoms with Crippen molar-refractivity contribution in [2.75, 3.05) is 6.61 Å². The molecule has 6 heteroatoms. The fraction of sp³-hybridized carbons (Fsp3) is 0.111. The van der Waals surface area contributed by atoms with Gasteiger partial charge in [0, 0.05) is 6.08 Å². The van der Waals surface area contributed by atoms with Crippen molar-refractivity contribution in [1.82, 2.24) is 10.9 Å². The topological polar surface area (TPSA) is 67.4 Å². The first-order valence-electron chi connectivity index (χ1n) is 7.36. The molecule has 0 aliphatic carbocycles. The first-order valence-corrected chi connectivity index (χ1v) is 7.73. The zero-order chi connectivity index (χ0) is 17.4. The molecular formula is C18H17ClN2O3. The van der Waals surface area contributed by atoms with Crippen LogP contribution in [0.4, 0.5) is 0 Å². The van der Waals surface area contributed by atoms with Crippen LogP contribution in [0.25, 0.3) is 6.08 Å². The minimum absolute atomic E-state index is 0.287. The van der Waals surface area contributed by atoms with Crippen molar-refractivity contribution < 1.29 is 14.3 Å². The quantitative estimate of drug-likeness (QED) is 0.646. The van der Waals surface area contributed by atoms with Crippen molar-refractivity contribution >= 4 is 29.5 Å². The van der Waals surface area contributed by atoms with Crippen LogP contribution in [0.1, 0.15) is 22.8 Å². The van der Waals surface area contributed by atoms with Crippen molar-refractivity contribution in [3.63, 3.8) is 0 Å². The SMILES string of the molecule is CCOc1ccc(/C=C/C(=O)NNC(=O)c2ccccc2Cl)cc1. The third-order valence-electron chi connectivity index (χ3n) is 3.04. The van der Waals surface area contributed by atoms with Crippen molar-refractivity contribution in [2.24, 2.45) is 0 Å². The van der Waals surface area contributed by atoms with Crippen molar-refractivity contribution in [3.8, 4) is 5.75 Å². The van der Waals surface area contributed by atoms with Crippen LogP contribution in [0.15, 0.2) is 54.6 Å². The Labute approximate surface area is 145 Å². The average Bonchev–Trinajstić information content (AvgIpc) is 2.60. The van der Waals surface area contributed by atoms with Crippen LogP contribution in [-0.2, 0) is 4.79 Å². The summed E-state index contributed by atoms with van der Waals surface area (Å²) in [5.74, 6) is -0.168. The summed E-state index contributed by atoms with van der Waals surface area (Å²) in [4.78, 5) is 23.6. The summed E-state index contributed by atoms with van der Waals surface area (Å²) < 4.78 is 5.34. The lowest BCUT2D eigenvalue weighted by Crippen LogP contribution is -2.40. The van der Waals surface area contributed by atoms with E-state index in [1.165, 1.54) is 6.08 Å². The number of hydrazine groups is 1. The zero-order valence-corrected chi connectivity index (χ0v) is 13.8. The second-order valence-corrected chi connectivity index (χ2v) is 5.17. The van der Waals surface area contributed by atoms with Gasteiger partial charge in [-0.15, -0.1) is 0 Å². The van der Waals surface area contributed by atoms with Crippen molar-refractivity contribution in [1.29, 1.82) is 0 Å². The Morgan fingerprint density at radius 2 is 1.79 bits per heavy atom. The van der Waals surface area contributed by atoms with Crippen LogP contribution in [0.3, 0.4) is 0 Å². The molecule has 0 atom stereocenters. The second kappa shape index (κ2) is 8.74. The van der Waals surface area contributed by atoms with Gasteiger partial charge in [0.25, 0.3) is 11.8 Å². The van der Waals surface area contributed by atoms with Gasteiger partial charge in [0.05, 0.1) is 17.2 Å². The summed E-state index contributed by atoms with van der Waals surface area (Å²) in [6.45, 7) is 2.51. The molecule has 0 heterocycles. The van der Waals surface area contributed by atoms with Gasteiger partial charge in [-0.05, 0) is 42.8 Å². The number of ether oxygens (including phenoxy) is 1. The maximum Gasteiger partial charge on any atom is 0.271 e. The number of benzene rings is 2. The molecule has 2 N–H and O–H groups in total. The van der Waals surface area contributed by atoms with Crippen LogP contribution in [0, 0.1) is 0 Å². The van der Waals surface area contributed by atoms with E-state index in [1.807, 2.05) is 31.2 Å². The van der Waals surface area contributed by atoms with E-state index in [2.05, 4.69) is 10.9 Å². The van der Waals surface area contributed by atoms with Gasteiger partial charge in [-0.3, -0.25) is 20.4 Å². The lowest BCUT2D eigenvalue weighted by molar-refractivity contribution is -0.117. The molecule has 124 valence electrons. The van der Waals surface area contributed by atoms with E-state index in [1.54, 1.807) is 30.3 Å². The third kappa shape index (κ3) is 5.14. The molecule has 0 aliphatic rings. The fourth-order valence-corrected chi connectivity index (χ4v) is 2.11. The first kappa shape index (κ1) is 17.6. The summed E-state index contributed by atoms with van der Waals surface area (Å²) in [6.07, 6.45) is 2.95. The normalized spacial score (nSPS) is 10.4. The molecule has 0 saturated heterocycles. The van der Waals surface area contributed by atoms with Gasteiger partial charge in [0.1, 0.15) is 5.75 Å². The molecule has 0 aliphatic heterocycles. The molecule has 2 amide bonds. The lowest BCUT2D eigenvalue weighted by atomic mass is 10.2. The number of hydrogen-bond donors (Lipinski definition) is 2. The predicted octanol–water partition coefficient (Wildman–Crippen LogP) is 3.21. The number of carbonyl (C=O) groups excluding carboxylic acids is 2. The zero-order valence-electron chi connectivity index (χ0n) is 13.1. The second-order valence-electron chi connectivity index (χ2n) is 4.76. The summed E-state index contributed by atoms with van der Waals surface area (Å²) in [6, 6.07) is 13.9. The number of hydrogen-bond acceptors (Lipinski definition) is 3. The molecule has 2 aromatic carbocycles. The first-order chi connectivity index (χ1) is 11.6. The van der Waals surface area contributed by atoms with Gasteiger partial charge in [0.2, 0.25) is 0 Å². The molecule has 0 fully saturated rings. The standard InChI is InChI=1S/C18H17ClN2O3/c1-2-24-14-10-7-13(8-11-14)9-12-17(22)20-21-18(23)15-5-3-4-6-16(15)19/h3-12H,2H2,1H3,(H,20,22)(H,21,23)/b12-9+. The van der Waals surface area contributed by atoms with E-state index < -0.39 is 11.8 Å². The van der Waals surface area contributed by atoms with Crippen LogP contribution in [-0.4, -0.2) is 18.4 Å². The fourth-order valence-electron chi connectivity index (χ4n) is 1.89. The number of rotatable bonds is 5. The smallest absolute Gasteiger partial charge is 0.271 e. The van der Waals surface area contributed by atoms with E-state index in [-0.39, 0.29) is 5.56 Å².